The van der Waals surface area contributed by atoms with Crippen molar-refractivity contribution in [2.45, 2.75) is 121 Å². The van der Waals surface area contributed by atoms with E-state index < -0.39 is 0 Å². The Bertz CT molecular complexity index is 747. The van der Waals surface area contributed by atoms with E-state index in [1.807, 2.05) is 0 Å². The quantitative estimate of drug-likeness (QED) is 0.513. The number of hydrazone groups is 1. The number of hydrogen-bond acceptors (Lipinski definition) is 4. The second kappa shape index (κ2) is 8.87. The Morgan fingerprint density at radius 3 is 2.06 bits per heavy atom. The fourth-order valence-electron chi connectivity index (χ4n) is 9.07. The van der Waals surface area contributed by atoms with Gasteiger partial charge in [-0.3, -0.25) is 14.6 Å². The average Bonchev–Trinajstić information content (AvgIpc) is 3.28. The Labute approximate surface area is 194 Å². The summed E-state index contributed by atoms with van der Waals surface area (Å²) in [5.41, 5.74) is 1.47. The fourth-order valence-corrected chi connectivity index (χ4v) is 9.07. The molecule has 176 valence electrons. The van der Waals surface area contributed by atoms with Gasteiger partial charge in [0.15, 0.2) is 0 Å². The van der Waals surface area contributed by atoms with E-state index in [1.54, 1.807) is 0 Å². The van der Waals surface area contributed by atoms with Gasteiger partial charge in [-0.15, -0.1) is 0 Å². The lowest BCUT2D eigenvalue weighted by molar-refractivity contribution is -0.146. The molecular weight excluding hydrogens is 396 g/mol. The minimum atomic E-state index is 0.171. The number of carbonyl (C=O) groups excluding carboxylic acids is 2. The third-order valence-corrected chi connectivity index (χ3v) is 10.5. The summed E-state index contributed by atoms with van der Waals surface area (Å²) in [5.74, 6) is 3.07. The average molecular weight is 439 g/mol. The molecule has 0 saturated heterocycles. The van der Waals surface area contributed by atoms with Crippen molar-refractivity contribution in [2.75, 3.05) is 0 Å². The smallest absolute Gasteiger partial charge is 0.143 e. The van der Waals surface area contributed by atoms with Crippen molar-refractivity contribution in [1.29, 1.82) is 0 Å². The molecule has 0 bridgehead atoms. The Hall–Kier alpha value is -1.19. The third-order valence-electron chi connectivity index (χ3n) is 10.5. The summed E-state index contributed by atoms with van der Waals surface area (Å²) in [4.78, 5) is 25.5. The van der Waals surface area contributed by atoms with Crippen molar-refractivity contribution in [3.05, 3.63) is 0 Å². The first-order valence-corrected chi connectivity index (χ1v) is 14.1. The van der Waals surface area contributed by atoms with Crippen LogP contribution in [0.15, 0.2) is 5.10 Å². The van der Waals surface area contributed by atoms with Crippen LogP contribution in [0.3, 0.4) is 0 Å². The first-order valence-electron chi connectivity index (χ1n) is 14.1. The van der Waals surface area contributed by atoms with Gasteiger partial charge in [-0.25, -0.2) is 0 Å². The maximum absolute atomic E-state index is 12.8. The summed E-state index contributed by atoms with van der Waals surface area (Å²) in [7, 11) is 0. The molecule has 0 radical (unpaired) electrons. The molecule has 5 fully saturated rings. The molecule has 0 aromatic heterocycles. The highest BCUT2D eigenvalue weighted by Crippen LogP contribution is 2.54. The van der Waals surface area contributed by atoms with Crippen LogP contribution >= 0.6 is 0 Å². The van der Waals surface area contributed by atoms with E-state index in [0.29, 0.717) is 29.8 Å². The van der Waals surface area contributed by atoms with Crippen LogP contribution in [-0.4, -0.2) is 34.4 Å². The zero-order valence-corrected chi connectivity index (χ0v) is 19.9. The van der Waals surface area contributed by atoms with Crippen LogP contribution in [0.5, 0.6) is 0 Å². The largest absolute Gasteiger partial charge is 0.299 e. The molecule has 5 aliphatic carbocycles. The van der Waals surface area contributed by atoms with Gasteiger partial charge in [0.25, 0.3) is 0 Å². The minimum absolute atomic E-state index is 0.171. The molecule has 6 unspecified atom stereocenters. The van der Waals surface area contributed by atoms with Crippen molar-refractivity contribution in [2.24, 2.45) is 40.6 Å². The number of ketones is 2. The number of carbonyl (C=O) groups is 2. The molecule has 0 amide bonds. The number of Topliss-reactive ketones (excluding diaryl/α,β-unsaturated/α-hetero) is 2. The van der Waals surface area contributed by atoms with Gasteiger partial charge in [0.1, 0.15) is 11.6 Å². The molecule has 0 N–H and O–H groups in total. The summed E-state index contributed by atoms with van der Waals surface area (Å²) >= 11 is 0. The Morgan fingerprint density at radius 2 is 1.31 bits per heavy atom. The monoisotopic (exact) mass is 438 g/mol. The van der Waals surface area contributed by atoms with Crippen molar-refractivity contribution < 1.29 is 9.59 Å². The summed E-state index contributed by atoms with van der Waals surface area (Å²) in [6, 6.07) is 1.28. The third kappa shape index (κ3) is 3.68. The van der Waals surface area contributed by atoms with E-state index in [1.165, 1.54) is 89.2 Å². The first-order chi connectivity index (χ1) is 15.7. The minimum Gasteiger partial charge on any atom is -0.299 e. The first kappa shape index (κ1) is 21.4. The van der Waals surface area contributed by atoms with Crippen LogP contribution in [0.1, 0.15) is 109 Å². The molecular formula is C28H42N2O2. The molecule has 32 heavy (non-hydrogen) atoms. The van der Waals surface area contributed by atoms with Crippen LogP contribution in [0.25, 0.3) is 0 Å². The van der Waals surface area contributed by atoms with Gasteiger partial charge in [0.05, 0.1) is 12.5 Å². The van der Waals surface area contributed by atoms with Crippen molar-refractivity contribution in [3.63, 3.8) is 0 Å². The lowest BCUT2D eigenvalue weighted by Crippen LogP contribution is -2.52. The second-order valence-corrected chi connectivity index (χ2v) is 12.1. The van der Waals surface area contributed by atoms with Crippen molar-refractivity contribution >= 4 is 17.3 Å². The maximum Gasteiger partial charge on any atom is 0.143 e. The molecule has 6 aliphatic rings. The van der Waals surface area contributed by atoms with Gasteiger partial charge in [-0.1, -0.05) is 44.9 Å². The van der Waals surface area contributed by atoms with E-state index in [2.05, 4.69) is 5.01 Å². The molecule has 0 spiro atoms. The van der Waals surface area contributed by atoms with Gasteiger partial charge in [0.2, 0.25) is 0 Å². The highest BCUT2D eigenvalue weighted by Gasteiger charge is 2.54. The molecule has 5 saturated carbocycles. The van der Waals surface area contributed by atoms with Crippen molar-refractivity contribution in [1.82, 2.24) is 5.01 Å². The summed E-state index contributed by atoms with van der Waals surface area (Å²) in [6.45, 7) is 0. The Kier molecular flexibility index (Phi) is 5.92. The standard InChI is InChI=1S/C28H42N2O2/c31-26-17-27(32)23-15-14-20(21-12-7-13-22(26)28(21)23)24-16-25(18-8-3-1-4-9-18)30(29-24)19-10-5-2-6-11-19/h18-23,25,28H,1-17H2. The van der Waals surface area contributed by atoms with Gasteiger partial charge in [0, 0.05) is 35.9 Å². The van der Waals surface area contributed by atoms with Gasteiger partial charge in [-0.2, -0.15) is 5.10 Å². The molecule has 1 heterocycles. The molecule has 6 rings (SSSR count). The van der Waals surface area contributed by atoms with Gasteiger partial charge in [-0.05, 0) is 69.1 Å². The van der Waals surface area contributed by atoms with E-state index >= 15 is 0 Å². The summed E-state index contributed by atoms with van der Waals surface area (Å²) in [6.07, 6.45) is 20.7. The Morgan fingerprint density at radius 1 is 0.656 bits per heavy atom. The highest BCUT2D eigenvalue weighted by atomic mass is 16.2. The normalized spacial score (nSPS) is 41.5. The molecule has 6 atom stereocenters. The highest BCUT2D eigenvalue weighted by molar-refractivity contribution is 6.04. The van der Waals surface area contributed by atoms with Crippen LogP contribution in [0, 0.1) is 35.5 Å². The van der Waals surface area contributed by atoms with E-state index in [4.69, 9.17) is 5.10 Å². The van der Waals surface area contributed by atoms with Crippen LogP contribution in [-0.2, 0) is 9.59 Å². The molecule has 0 aromatic carbocycles. The number of rotatable bonds is 3. The predicted octanol–water partition coefficient (Wildman–Crippen LogP) is 5.93. The second-order valence-electron chi connectivity index (χ2n) is 12.1. The topological polar surface area (TPSA) is 49.7 Å². The maximum atomic E-state index is 12.8. The fraction of sp³-hybridized carbons (Fsp3) is 0.893. The Balaban J connectivity index is 1.27. The molecule has 1 aliphatic heterocycles. The van der Waals surface area contributed by atoms with Crippen LogP contribution in [0.2, 0.25) is 0 Å². The van der Waals surface area contributed by atoms with Crippen LogP contribution < -0.4 is 0 Å². The van der Waals surface area contributed by atoms with Gasteiger partial charge >= 0.3 is 0 Å². The number of hydrogen-bond donors (Lipinski definition) is 0. The predicted molar refractivity (Wildman–Crippen MR) is 126 cm³/mol. The van der Waals surface area contributed by atoms with Gasteiger partial charge < -0.3 is 0 Å². The lowest BCUT2D eigenvalue weighted by atomic mass is 9.52. The summed E-state index contributed by atoms with van der Waals surface area (Å²) in [5, 5.41) is 8.13. The molecule has 0 aromatic rings. The lowest BCUT2D eigenvalue weighted by Gasteiger charge is -2.50. The zero-order valence-electron chi connectivity index (χ0n) is 19.9. The number of nitrogens with zero attached hydrogens (tertiary/aromatic N) is 2. The van der Waals surface area contributed by atoms with E-state index in [-0.39, 0.29) is 29.8 Å². The SMILES string of the molecule is O=C1CC(=O)C2CCC(C3=NN(C4CCCCC4)C(C4CCCCC4)C3)C3CCCC1C23. The molecule has 4 heteroatoms. The molecule has 4 nitrogen and oxygen atoms in total. The van der Waals surface area contributed by atoms with Crippen LogP contribution in [0.4, 0.5) is 0 Å². The van der Waals surface area contributed by atoms with E-state index in [9.17, 15) is 9.59 Å². The summed E-state index contributed by atoms with van der Waals surface area (Å²) < 4.78 is 0. The zero-order chi connectivity index (χ0) is 21.7. The van der Waals surface area contributed by atoms with Crippen molar-refractivity contribution in [3.8, 4) is 0 Å². The van der Waals surface area contributed by atoms with E-state index in [0.717, 1.165) is 25.2 Å².